The first-order valence-corrected chi connectivity index (χ1v) is 10.7. The normalized spacial score (nSPS) is 14.3. The van der Waals surface area contributed by atoms with E-state index < -0.39 is 11.8 Å². The highest BCUT2D eigenvalue weighted by Gasteiger charge is 2.25. The molecule has 168 valence electrons. The summed E-state index contributed by atoms with van der Waals surface area (Å²) in [7, 11) is 1.52. The van der Waals surface area contributed by atoms with Gasteiger partial charge < -0.3 is 14.2 Å². The molecule has 1 aliphatic heterocycles. The highest BCUT2D eigenvalue weighted by atomic mass is 32.1. The van der Waals surface area contributed by atoms with Crippen molar-refractivity contribution in [2.45, 2.75) is 26.2 Å². The van der Waals surface area contributed by atoms with Gasteiger partial charge in [-0.2, -0.15) is 0 Å². The fourth-order valence-corrected chi connectivity index (χ4v) is 3.29. The van der Waals surface area contributed by atoms with Gasteiger partial charge in [-0.25, -0.2) is 0 Å². The summed E-state index contributed by atoms with van der Waals surface area (Å²) in [4.78, 5) is 24.0. The number of methoxy groups -OCH3 is 1. The Morgan fingerprint density at radius 3 is 2.25 bits per heavy atom. The summed E-state index contributed by atoms with van der Waals surface area (Å²) >= 11 is 4.80. The molecule has 1 unspecified atom stereocenters. The molecule has 1 aliphatic rings. The molecule has 8 heteroatoms. The van der Waals surface area contributed by atoms with Gasteiger partial charge in [0.2, 0.25) is 0 Å². The van der Waals surface area contributed by atoms with Crippen molar-refractivity contribution >= 4 is 35.2 Å². The van der Waals surface area contributed by atoms with E-state index in [9.17, 15) is 9.59 Å². The number of hydrogen-bond acceptors (Lipinski definition) is 6. The third-order valence-corrected chi connectivity index (χ3v) is 5.32. The first-order chi connectivity index (χ1) is 15.4. The fourth-order valence-electron chi connectivity index (χ4n) is 3.11. The van der Waals surface area contributed by atoms with Crippen molar-refractivity contribution in [3.63, 3.8) is 0 Å². The maximum atomic E-state index is 12.0. The molecule has 0 aliphatic carbocycles. The first-order valence-electron chi connectivity index (χ1n) is 10.3. The zero-order chi connectivity index (χ0) is 23.1. The van der Waals surface area contributed by atoms with Gasteiger partial charge in [0.1, 0.15) is 24.5 Å². The van der Waals surface area contributed by atoms with E-state index in [0.29, 0.717) is 36.2 Å². The van der Waals surface area contributed by atoms with Gasteiger partial charge in [0.05, 0.1) is 7.11 Å². The van der Waals surface area contributed by atoms with Crippen LogP contribution in [0.2, 0.25) is 0 Å². The van der Waals surface area contributed by atoms with Gasteiger partial charge in [-0.1, -0.05) is 32.0 Å². The molecule has 2 amide bonds. The number of nitrogens with one attached hydrogen (secondary N) is 2. The number of ether oxygens (including phenoxy) is 3. The molecule has 3 rings (SSSR count). The minimum atomic E-state index is -0.549. The van der Waals surface area contributed by atoms with Crippen molar-refractivity contribution < 1.29 is 23.8 Å². The molecule has 1 heterocycles. The Balaban J connectivity index is 1.58. The lowest BCUT2D eigenvalue weighted by atomic mass is 9.99. The Labute approximate surface area is 192 Å². The van der Waals surface area contributed by atoms with Crippen LogP contribution in [0.1, 0.15) is 37.3 Å². The topological polar surface area (TPSA) is 85.9 Å². The fraction of sp³-hybridized carbons (Fsp3) is 0.292. The molecule has 32 heavy (non-hydrogen) atoms. The third-order valence-electron chi connectivity index (χ3n) is 5.11. The van der Waals surface area contributed by atoms with E-state index in [0.717, 1.165) is 12.2 Å². The van der Waals surface area contributed by atoms with Crippen LogP contribution in [-0.4, -0.2) is 37.3 Å². The molecule has 0 radical (unpaired) electrons. The number of carbonyl (C=O) groups is 2. The molecule has 1 saturated heterocycles. The van der Waals surface area contributed by atoms with Crippen molar-refractivity contribution in [3.8, 4) is 17.2 Å². The van der Waals surface area contributed by atoms with Crippen LogP contribution in [0, 0.1) is 0 Å². The second kappa shape index (κ2) is 10.8. The number of hydrogen-bond donors (Lipinski definition) is 2. The smallest absolute Gasteiger partial charge is 0.263 e. The minimum Gasteiger partial charge on any atom is -0.493 e. The van der Waals surface area contributed by atoms with Crippen LogP contribution >= 0.6 is 12.2 Å². The lowest BCUT2D eigenvalue weighted by molar-refractivity contribution is -0.123. The number of amides is 2. The van der Waals surface area contributed by atoms with Gasteiger partial charge in [0.15, 0.2) is 16.6 Å². The molecule has 7 nitrogen and oxygen atoms in total. The Morgan fingerprint density at radius 2 is 1.62 bits per heavy atom. The zero-order valence-corrected chi connectivity index (χ0v) is 19.1. The van der Waals surface area contributed by atoms with E-state index in [1.807, 2.05) is 12.1 Å². The second-order valence-electron chi connectivity index (χ2n) is 7.28. The molecule has 2 N–H and O–H groups in total. The van der Waals surface area contributed by atoms with E-state index in [1.54, 1.807) is 18.2 Å². The van der Waals surface area contributed by atoms with E-state index in [-0.39, 0.29) is 10.7 Å². The quantitative estimate of drug-likeness (QED) is 0.261. The Kier molecular flexibility index (Phi) is 7.83. The van der Waals surface area contributed by atoms with Crippen LogP contribution in [0.25, 0.3) is 6.08 Å². The second-order valence-corrected chi connectivity index (χ2v) is 7.69. The minimum absolute atomic E-state index is 0.00726. The van der Waals surface area contributed by atoms with Crippen LogP contribution < -0.4 is 24.8 Å². The van der Waals surface area contributed by atoms with Gasteiger partial charge >= 0.3 is 0 Å². The summed E-state index contributed by atoms with van der Waals surface area (Å²) in [5, 5.41) is 4.80. The third kappa shape index (κ3) is 5.85. The predicted octanol–water partition coefficient (Wildman–Crippen LogP) is 3.58. The lowest BCUT2D eigenvalue weighted by Gasteiger charge is -2.16. The number of carbonyl (C=O) groups excluding carboxylic acids is 2. The van der Waals surface area contributed by atoms with Crippen molar-refractivity contribution in [1.82, 2.24) is 10.6 Å². The van der Waals surface area contributed by atoms with Gasteiger partial charge in [-0.3, -0.25) is 20.2 Å². The molecule has 0 aromatic heterocycles. The zero-order valence-electron chi connectivity index (χ0n) is 18.3. The summed E-state index contributed by atoms with van der Waals surface area (Å²) in [5.41, 5.74) is 1.86. The Hall–Kier alpha value is -3.39. The predicted molar refractivity (Wildman–Crippen MR) is 126 cm³/mol. The van der Waals surface area contributed by atoms with Gasteiger partial charge in [-0.05, 0) is 66.0 Å². The van der Waals surface area contributed by atoms with Crippen LogP contribution in [-0.2, 0) is 9.59 Å². The largest absolute Gasteiger partial charge is 0.493 e. The van der Waals surface area contributed by atoms with E-state index >= 15 is 0 Å². The monoisotopic (exact) mass is 454 g/mol. The highest BCUT2D eigenvalue weighted by molar-refractivity contribution is 7.80. The van der Waals surface area contributed by atoms with Gasteiger partial charge in [0, 0.05) is 0 Å². The average Bonchev–Trinajstić information content (AvgIpc) is 2.79. The SMILES string of the molecule is CCC(C)c1ccc(OCCOc2ccc(C=C3C(=O)NC(=S)NC3=O)cc2OC)cc1. The number of benzene rings is 2. The summed E-state index contributed by atoms with van der Waals surface area (Å²) < 4.78 is 16.9. The summed E-state index contributed by atoms with van der Waals surface area (Å²) in [6.45, 7) is 5.07. The Bertz CT molecular complexity index is 1010. The molecular formula is C24H26N2O5S. The maximum absolute atomic E-state index is 12.0. The van der Waals surface area contributed by atoms with Crippen LogP contribution in [0.5, 0.6) is 17.2 Å². The van der Waals surface area contributed by atoms with E-state index in [2.05, 4.69) is 36.6 Å². The standard InChI is InChI=1S/C24H26N2O5S/c1-4-15(2)17-6-8-18(9-7-17)30-11-12-31-20-10-5-16(14-21(20)29-3)13-19-22(27)25-24(32)26-23(19)28/h5-10,13-15H,4,11-12H2,1-3H3,(H2,25,26,27,28,32). The summed E-state index contributed by atoms with van der Waals surface area (Å²) in [6, 6.07) is 13.2. The highest BCUT2D eigenvalue weighted by Crippen LogP contribution is 2.29. The summed E-state index contributed by atoms with van der Waals surface area (Å²) in [6.07, 6.45) is 2.56. The summed E-state index contributed by atoms with van der Waals surface area (Å²) in [5.74, 6) is 1.23. The molecule has 2 aromatic rings. The van der Waals surface area contributed by atoms with Crippen molar-refractivity contribution in [1.29, 1.82) is 0 Å². The van der Waals surface area contributed by atoms with Crippen molar-refractivity contribution in [2.75, 3.05) is 20.3 Å². The number of rotatable bonds is 9. The van der Waals surface area contributed by atoms with E-state index in [1.165, 1.54) is 18.7 Å². The molecular weight excluding hydrogens is 428 g/mol. The average molecular weight is 455 g/mol. The van der Waals surface area contributed by atoms with Crippen molar-refractivity contribution in [3.05, 3.63) is 59.2 Å². The molecule has 0 saturated carbocycles. The molecule has 1 atom stereocenters. The van der Waals surface area contributed by atoms with Crippen LogP contribution in [0.3, 0.4) is 0 Å². The maximum Gasteiger partial charge on any atom is 0.263 e. The first kappa shape index (κ1) is 23.3. The van der Waals surface area contributed by atoms with E-state index in [4.69, 9.17) is 26.4 Å². The van der Waals surface area contributed by atoms with Gasteiger partial charge in [-0.15, -0.1) is 0 Å². The molecule has 0 bridgehead atoms. The lowest BCUT2D eigenvalue weighted by Crippen LogP contribution is -2.51. The van der Waals surface area contributed by atoms with Gasteiger partial charge in [0.25, 0.3) is 11.8 Å². The molecule has 1 fully saturated rings. The van der Waals surface area contributed by atoms with Crippen molar-refractivity contribution in [2.24, 2.45) is 0 Å². The molecule has 2 aromatic carbocycles. The van der Waals surface area contributed by atoms with Crippen LogP contribution in [0.4, 0.5) is 0 Å². The Morgan fingerprint density at radius 1 is 0.969 bits per heavy atom. The molecule has 0 spiro atoms. The van der Waals surface area contributed by atoms with Crippen LogP contribution in [0.15, 0.2) is 48.0 Å². The number of thiocarbonyl (C=S) groups is 1.